The summed E-state index contributed by atoms with van der Waals surface area (Å²) in [4.78, 5) is 41.6. The second-order valence-corrected chi connectivity index (χ2v) is 10.3. The van der Waals surface area contributed by atoms with E-state index in [0.717, 1.165) is 17.2 Å². The van der Waals surface area contributed by atoms with E-state index in [2.05, 4.69) is 24.5 Å². The number of halogens is 1. The predicted octanol–water partition coefficient (Wildman–Crippen LogP) is 6.95. The third-order valence-corrected chi connectivity index (χ3v) is 6.73. The summed E-state index contributed by atoms with van der Waals surface area (Å²) in [5, 5.41) is 6.12. The summed E-state index contributed by atoms with van der Waals surface area (Å²) in [6.07, 6.45) is 3.86. The first-order valence-corrected chi connectivity index (χ1v) is 13.6. The summed E-state index contributed by atoms with van der Waals surface area (Å²) >= 11 is 6.14. The van der Waals surface area contributed by atoms with Crippen LogP contribution < -0.4 is 15.5 Å². The summed E-state index contributed by atoms with van der Waals surface area (Å²) in [6, 6.07) is 23.9. The maximum Gasteiger partial charge on any atom is 0.252 e. The first-order chi connectivity index (χ1) is 19.7. The van der Waals surface area contributed by atoms with Gasteiger partial charge in [-0.15, -0.1) is 0 Å². The molecule has 0 saturated heterocycles. The number of carbonyl (C=O) groups is 3. The van der Waals surface area contributed by atoms with E-state index in [0.29, 0.717) is 27.7 Å². The molecule has 0 radical (unpaired) electrons. The highest BCUT2D eigenvalue weighted by Crippen LogP contribution is 2.30. The van der Waals surface area contributed by atoms with Gasteiger partial charge in [0.05, 0.1) is 12.8 Å². The molecule has 2 N–H and O–H groups in total. The molecule has 3 aromatic carbocycles. The molecular formula is C33H32ClN3O4. The van der Waals surface area contributed by atoms with Crippen molar-refractivity contribution in [2.24, 2.45) is 0 Å². The molecule has 1 heterocycles. The maximum atomic E-state index is 13.8. The predicted molar refractivity (Wildman–Crippen MR) is 162 cm³/mol. The number of benzene rings is 3. The van der Waals surface area contributed by atoms with Crippen molar-refractivity contribution in [2.45, 2.75) is 39.3 Å². The number of furan rings is 1. The molecule has 3 amide bonds. The Labute approximate surface area is 244 Å². The molecule has 41 heavy (non-hydrogen) atoms. The van der Waals surface area contributed by atoms with Crippen LogP contribution in [0.3, 0.4) is 0 Å². The Morgan fingerprint density at radius 2 is 1.54 bits per heavy atom. The van der Waals surface area contributed by atoms with Crippen LogP contribution in [0.1, 0.15) is 48.3 Å². The van der Waals surface area contributed by atoms with Crippen LogP contribution in [0.5, 0.6) is 0 Å². The minimum atomic E-state index is -1.07. The minimum absolute atomic E-state index is 0.138. The van der Waals surface area contributed by atoms with Gasteiger partial charge in [-0.3, -0.25) is 19.3 Å². The van der Waals surface area contributed by atoms with Crippen molar-refractivity contribution in [2.75, 3.05) is 10.2 Å². The monoisotopic (exact) mass is 569 g/mol. The van der Waals surface area contributed by atoms with Gasteiger partial charge in [-0.25, -0.2) is 0 Å². The molecule has 0 aliphatic carbocycles. The topological polar surface area (TPSA) is 91.7 Å². The Hall–Kier alpha value is -4.62. The Kier molecular flexibility index (Phi) is 9.77. The Balaban J connectivity index is 1.69. The van der Waals surface area contributed by atoms with E-state index >= 15 is 0 Å². The highest BCUT2D eigenvalue weighted by atomic mass is 35.5. The maximum absolute atomic E-state index is 13.8. The van der Waals surface area contributed by atoms with E-state index in [1.54, 1.807) is 60.7 Å². The lowest BCUT2D eigenvalue weighted by Crippen LogP contribution is -2.43. The number of aryl methyl sites for hydroxylation is 1. The standard InChI is InChI=1S/C33H32ClN3O4/c1-22(2)24-10-16-28(17-11-24)37(31(39)19-18-30(38)36-27-14-6-23(3)7-15-27)32(25-8-12-26(34)13-9-25)33(40)35-21-29-5-4-20-41-29/h4-20,22,32H,21H2,1-3H3,(H,35,40)(H,36,38)/b19-18-/t32-/m0/s1. The van der Waals surface area contributed by atoms with E-state index in [4.69, 9.17) is 16.0 Å². The summed E-state index contributed by atoms with van der Waals surface area (Å²) in [7, 11) is 0. The Morgan fingerprint density at radius 3 is 2.15 bits per heavy atom. The zero-order valence-corrected chi connectivity index (χ0v) is 23.9. The number of nitrogens with zero attached hydrogens (tertiary/aromatic N) is 1. The van der Waals surface area contributed by atoms with Gasteiger partial charge >= 0.3 is 0 Å². The average Bonchev–Trinajstić information content (AvgIpc) is 3.49. The van der Waals surface area contributed by atoms with Gasteiger partial charge in [-0.05, 0) is 72.5 Å². The van der Waals surface area contributed by atoms with E-state index in [1.807, 2.05) is 31.2 Å². The summed E-state index contributed by atoms with van der Waals surface area (Å²) in [5.74, 6) is -0.596. The lowest BCUT2D eigenvalue weighted by Gasteiger charge is -2.31. The van der Waals surface area contributed by atoms with E-state index in [9.17, 15) is 14.4 Å². The number of nitrogens with one attached hydrogen (secondary N) is 2. The lowest BCUT2D eigenvalue weighted by atomic mass is 10.0. The van der Waals surface area contributed by atoms with Gasteiger partial charge < -0.3 is 15.1 Å². The van der Waals surface area contributed by atoms with Crippen molar-refractivity contribution < 1.29 is 18.8 Å². The van der Waals surface area contributed by atoms with E-state index < -0.39 is 23.8 Å². The number of hydrogen-bond acceptors (Lipinski definition) is 4. The van der Waals surface area contributed by atoms with Gasteiger partial charge in [0.2, 0.25) is 11.8 Å². The average molecular weight is 570 g/mol. The molecular weight excluding hydrogens is 538 g/mol. The second kappa shape index (κ2) is 13.6. The largest absolute Gasteiger partial charge is 0.467 e. The number of anilines is 2. The highest BCUT2D eigenvalue weighted by Gasteiger charge is 2.32. The molecule has 0 aliphatic rings. The molecule has 1 aromatic heterocycles. The van der Waals surface area contributed by atoms with E-state index in [1.165, 1.54) is 17.2 Å². The fraction of sp³-hybridized carbons (Fsp3) is 0.182. The molecule has 0 fully saturated rings. The Bertz CT molecular complexity index is 1490. The fourth-order valence-electron chi connectivity index (χ4n) is 4.22. The SMILES string of the molecule is Cc1ccc(NC(=O)/C=C\C(=O)N(c2ccc(C(C)C)cc2)[C@H](C(=O)NCc2ccco2)c2ccc(Cl)cc2)cc1. The Morgan fingerprint density at radius 1 is 0.878 bits per heavy atom. The van der Waals surface area contributed by atoms with Crippen molar-refractivity contribution >= 4 is 40.7 Å². The van der Waals surface area contributed by atoms with Crippen molar-refractivity contribution in [3.8, 4) is 0 Å². The quantitative estimate of drug-likeness (QED) is 0.202. The van der Waals surface area contributed by atoms with Crippen molar-refractivity contribution in [3.05, 3.63) is 131 Å². The van der Waals surface area contributed by atoms with Crippen LogP contribution in [0.15, 0.2) is 108 Å². The third kappa shape index (κ3) is 7.96. The van der Waals surface area contributed by atoms with Gasteiger partial charge in [0.15, 0.2) is 0 Å². The van der Waals surface area contributed by atoms with Crippen LogP contribution in [0.2, 0.25) is 5.02 Å². The van der Waals surface area contributed by atoms with Crippen LogP contribution >= 0.6 is 11.6 Å². The molecule has 210 valence electrons. The third-order valence-electron chi connectivity index (χ3n) is 6.48. The molecule has 0 aliphatic heterocycles. The summed E-state index contributed by atoms with van der Waals surface area (Å²) in [6.45, 7) is 6.24. The first kappa shape index (κ1) is 29.4. The molecule has 1 atom stereocenters. The van der Waals surface area contributed by atoms with Crippen LogP contribution in [-0.4, -0.2) is 17.7 Å². The van der Waals surface area contributed by atoms with Gasteiger partial charge in [-0.2, -0.15) is 0 Å². The highest BCUT2D eigenvalue weighted by molar-refractivity contribution is 6.30. The van der Waals surface area contributed by atoms with Crippen molar-refractivity contribution in [3.63, 3.8) is 0 Å². The normalized spacial score (nSPS) is 11.8. The van der Waals surface area contributed by atoms with Gasteiger partial charge in [-0.1, -0.05) is 67.4 Å². The number of carbonyl (C=O) groups excluding carboxylic acids is 3. The smallest absolute Gasteiger partial charge is 0.252 e. The van der Waals surface area contributed by atoms with E-state index in [-0.39, 0.29) is 12.5 Å². The molecule has 0 saturated carbocycles. The number of rotatable bonds is 10. The van der Waals surface area contributed by atoms with Crippen molar-refractivity contribution in [1.82, 2.24) is 5.32 Å². The number of amides is 3. The van der Waals surface area contributed by atoms with Crippen molar-refractivity contribution in [1.29, 1.82) is 0 Å². The van der Waals surface area contributed by atoms with Gasteiger partial charge in [0.25, 0.3) is 5.91 Å². The summed E-state index contributed by atoms with van der Waals surface area (Å²) in [5.41, 5.74) is 3.79. The number of hydrogen-bond donors (Lipinski definition) is 2. The first-order valence-electron chi connectivity index (χ1n) is 13.3. The van der Waals surface area contributed by atoms with Crippen LogP contribution in [0.4, 0.5) is 11.4 Å². The van der Waals surface area contributed by atoms with Gasteiger partial charge in [0.1, 0.15) is 11.8 Å². The minimum Gasteiger partial charge on any atom is -0.467 e. The molecule has 0 unspecified atom stereocenters. The van der Waals surface area contributed by atoms with Crippen LogP contribution in [0.25, 0.3) is 0 Å². The fourth-order valence-corrected chi connectivity index (χ4v) is 4.34. The molecule has 4 aromatic rings. The van der Waals surface area contributed by atoms with Crippen LogP contribution in [-0.2, 0) is 20.9 Å². The second-order valence-electron chi connectivity index (χ2n) is 9.89. The zero-order valence-electron chi connectivity index (χ0n) is 23.1. The molecule has 7 nitrogen and oxygen atoms in total. The molecule has 0 spiro atoms. The van der Waals surface area contributed by atoms with Gasteiger partial charge in [0, 0.05) is 28.5 Å². The molecule has 8 heteroatoms. The molecule has 0 bridgehead atoms. The van der Waals surface area contributed by atoms with Crippen LogP contribution in [0, 0.1) is 6.92 Å². The molecule has 4 rings (SSSR count). The lowest BCUT2D eigenvalue weighted by molar-refractivity contribution is -0.125. The zero-order chi connectivity index (χ0) is 29.4. The summed E-state index contributed by atoms with van der Waals surface area (Å²) < 4.78 is 5.37.